The maximum atomic E-state index is 5.78. The molecule has 0 aromatic rings. The van der Waals surface area contributed by atoms with Crippen LogP contribution in [0.4, 0.5) is 0 Å². The molecular weight excluding hydrogens is 288 g/mol. The molecule has 0 N–H and O–H groups in total. The second-order valence-corrected chi connectivity index (χ2v) is 9.48. The lowest BCUT2D eigenvalue weighted by Gasteiger charge is -2.24. The van der Waals surface area contributed by atoms with E-state index in [1.54, 1.807) is 21.3 Å². The van der Waals surface area contributed by atoms with Gasteiger partial charge < -0.3 is 23.4 Å². The Hall–Kier alpha value is 0.0169. The first-order valence-electron chi connectivity index (χ1n) is 6.78. The molecule has 0 aromatic heterocycles. The van der Waals surface area contributed by atoms with E-state index >= 15 is 0 Å². The lowest BCUT2D eigenvalue weighted by molar-refractivity contribution is -0.0416. The molecule has 0 aliphatic carbocycles. The zero-order chi connectivity index (χ0) is 14.6. The smallest absolute Gasteiger partial charge is 0.186 e. The fourth-order valence-electron chi connectivity index (χ4n) is 1.48. The molecule has 0 heterocycles. The van der Waals surface area contributed by atoms with Gasteiger partial charge in [0.05, 0.1) is 39.1 Å². The highest BCUT2D eigenvalue weighted by molar-refractivity contribution is 6.71. The number of rotatable bonds is 13. The zero-order valence-electron chi connectivity index (χ0n) is 13.1. The minimum absolute atomic E-state index is 0. The van der Waals surface area contributed by atoms with Gasteiger partial charge in [-0.25, -0.2) is 0 Å². The van der Waals surface area contributed by atoms with E-state index in [1.165, 1.54) is 0 Å². The Morgan fingerprint density at radius 1 is 0.857 bits per heavy atom. The van der Waals surface area contributed by atoms with Gasteiger partial charge in [-0.2, -0.15) is 0 Å². The van der Waals surface area contributed by atoms with Crippen LogP contribution in [0.25, 0.3) is 0 Å². The molecular formula is C15H38O5Si. The summed E-state index contributed by atoms with van der Waals surface area (Å²) < 4.78 is 26.8. The maximum Gasteiger partial charge on any atom is 0.186 e. The number of methoxy groups -OCH3 is 2. The molecule has 0 spiro atoms. The first-order chi connectivity index (χ1) is 9.05. The van der Waals surface area contributed by atoms with Gasteiger partial charge in [0.2, 0.25) is 0 Å². The molecule has 0 fully saturated rings. The molecule has 0 aliphatic heterocycles. The SMILES string of the molecule is C.C.COCCOCC(CC[Si](C)(C)OC)OCCOC. The van der Waals surface area contributed by atoms with E-state index in [4.69, 9.17) is 23.4 Å². The van der Waals surface area contributed by atoms with E-state index < -0.39 is 8.32 Å². The van der Waals surface area contributed by atoms with Crippen molar-refractivity contribution in [2.75, 3.05) is 54.4 Å². The Morgan fingerprint density at radius 2 is 1.43 bits per heavy atom. The van der Waals surface area contributed by atoms with Gasteiger partial charge in [-0.05, 0) is 25.6 Å². The molecule has 0 saturated carbocycles. The number of hydrogen-bond acceptors (Lipinski definition) is 5. The monoisotopic (exact) mass is 326 g/mol. The second kappa shape index (κ2) is 16.4. The normalized spacial score (nSPS) is 12.4. The van der Waals surface area contributed by atoms with Gasteiger partial charge in [0, 0.05) is 21.3 Å². The fraction of sp³-hybridized carbons (Fsp3) is 1.00. The summed E-state index contributed by atoms with van der Waals surface area (Å²) in [5.74, 6) is 0. The van der Waals surface area contributed by atoms with Crippen LogP contribution in [0.15, 0.2) is 0 Å². The van der Waals surface area contributed by atoms with Crippen LogP contribution < -0.4 is 0 Å². The van der Waals surface area contributed by atoms with E-state index in [1.807, 2.05) is 0 Å². The van der Waals surface area contributed by atoms with Crippen molar-refractivity contribution in [1.29, 1.82) is 0 Å². The average molecular weight is 327 g/mol. The molecule has 5 nitrogen and oxygen atoms in total. The quantitative estimate of drug-likeness (QED) is 0.384. The van der Waals surface area contributed by atoms with Crippen LogP contribution >= 0.6 is 0 Å². The highest BCUT2D eigenvalue weighted by Crippen LogP contribution is 2.16. The summed E-state index contributed by atoms with van der Waals surface area (Å²) in [4.78, 5) is 0. The van der Waals surface area contributed by atoms with Gasteiger partial charge >= 0.3 is 0 Å². The van der Waals surface area contributed by atoms with E-state index in [2.05, 4.69) is 13.1 Å². The van der Waals surface area contributed by atoms with Crippen molar-refractivity contribution >= 4 is 8.32 Å². The molecule has 0 amide bonds. The third kappa shape index (κ3) is 16.2. The first kappa shape index (κ1) is 25.9. The highest BCUT2D eigenvalue weighted by atomic mass is 28.4. The molecule has 1 atom stereocenters. The molecule has 132 valence electrons. The largest absolute Gasteiger partial charge is 0.420 e. The summed E-state index contributed by atoms with van der Waals surface area (Å²) in [7, 11) is 3.60. The molecule has 6 heteroatoms. The minimum atomic E-state index is -1.53. The molecule has 0 aromatic carbocycles. The molecule has 0 radical (unpaired) electrons. The van der Waals surface area contributed by atoms with E-state index in [0.717, 1.165) is 12.5 Å². The van der Waals surface area contributed by atoms with Gasteiger partial charge in [-0.3, -0.25) is 0 Å². The summed E-state index contributed by atoms with van der Waals surface area (Å²) in [6, 6.07) is 1.06. The Kier molecular flexibility index (Phi) is 20.2. The van der Waals surface area contributed by atoms with Crippen LogP contribution in [0.2, 0.25) is 19.1 Å². The van der Waals surface area contributed by atoms with Crippen LogP contribution in [0.1, 0.15) is 21.3 Å². The Balaban J connectivity index is -0.00000162. The molecule has 0 bridgehead atoms. The maximum absolute atomic E-state index is 5.78. The Morgan fingerprint density at radius 3 is 1.95 bits per heavy atom. The summed E-state index contributed by atoms with van der Waals surface area (Å²) >= 11 is 0. The van der Waals surface area contributed by atoms with E-state index in [9.17, 15) is 0 Å². The van der Waals surface area contributed by atoms with Crippen molar-refractivity contribution in [2.24, 2.45) is 0 Å². The minimum Gasteiger partial charge on any atom is -0.420 e. The van der Waals surface area contributed by atoms with Gasteiger partial charge in [0.1, 0.15) is 0 Å². The van der Waals surface area contributed by atoms with E-state index in [-0.39, 0.29) is 21.0 Å². The van der Waals surface area contributed by atoms with Crippen LogP contribution in [0, 0.1) is 0 Å². The lowest BCUT2D eigenvalue weighted by Crippen LogP contribution is -2.32. The summed E-state index contributed by atoms with van der Waals surface area (Å²) in [5.41, 5.74) is 0. The van der Waals surface area contributed by atoms with Crippen LogP contribution in [0.5, 0.6) is 0 Å². The predicted molar refractivity (Wildman–Crippen MR) is 91.7 cm³/mol. The van der Waals surface area contributed by atoms with Gasteiger partial charge in [0.15, 0.2) is 8.32 Å². The molecule has 0 aliphatic rings. The molecule has 1 unspecified atom stereocenters. The summed E-state index contributed by atoms with van der Waals surface area (Å²) in [5, 5.41) is 0. The first-order valence-corrected chi connectivity index (χ1v) is 9.89. The van der Waals surface area contributed by atoms with Crippen molar-refractivity contribution in [2.45, 2.75) is 46.5 Å². The summed E-state index contributed by atoms with van der Waals surface area (Å²) in [6.07, 6.45) is 1.07. The Bertz CT molecular complexity index is 203. The van der Waals surface area contributed by atoms with Crippen molar-refractivity contribution in [3.63, 3.8) is 0 Å². The standard InChI is InChI=1S/C13H30O5Si.2CH4/c1-14-7-9-17-12-13(18-10-8-15-2)6-11-19(4,5)16-3;;/h13H,6-12H2,1-5H3;2*1H4. The summed E-state index contributed by atoms with van der Waals surface area (Å²) in [6.45, 7) is 7.45. The van der Waals surface area contributed by atoms with Crippen molar-refractivity contribution in [3.8, 4) is 0 Å². The van der Waals surface area contributed by atoms with E-state index in [0.29, 0.717) is 33.0 Å². The molecule has 21 heavy (non-hydrogen) atoms. The van der Waals surface area contributed by atoms with Gasteiger partial charge in [-0.15, -0.1) is 0 Å². The van der Waals surface area contributed by atoms with Crippen LogP contribution in [-0.4, -0.2) is 68.8 Å². The number of ether oxygens (including phenoxy) is 4. The average Bonchev–Trinajstić information content (AvgIpc) is 2.40. The third-order valence-corrected chi connectivity index (χ3v) is 5.60. The topological polar surface area (TPSA) is 46.2 Å². The van der Waals surface area contributed by atoms with Gasteiger partial charge in [0.25, 0.3) is 0 Å². The second-order valence-electron chi connectivity index (χ2n) is 5.06. The highest BCUT2D eigenvalue weighted by Gasteiger charge is 2.23. The van der Waals surface area contributed by atoms with Gasteiger partial charge in [-0.1, -0.05) is 14.9 Å². The van der Waals surface area contributed by atoms with Crippen molar-refractivity contribution < 1.29 is 23.4 Å². The number of hydrogen-bond donors (Lipinski definition) is 0. The predicted octanol–water partition coefficient (Wildman–Crippen LogP) is 3.19. The fourth-order valence-corrected chi connectivity index (χ4v) is 2.70. The van der Waals surface area contributed by atoms with Crippen LogP contribution in [-0.2, 0) is 23.4 Å². The lowest BCUT2D eigenvalue weighted by atomic mass is 10.3. The van der Waals surface area contributed by atoms with Crippen LogP contribution in [0.3, 0.4) is 0 Å². The van der Waals surface area contributed by atoms with Crippen molar-refractivity contribution in [3.05, 3.63) is 0 Å². The molecule has 0 saturated heterocycles. The molecule has 0 rings (SSSR count). The van der Waals surface area contributed by atoms with Crippen molar-refractivity contribution in [1.82, 2.24) is 0 Å². The Labute approximate surface area is 133 Å². The zero-order valence-corrected chi connectivity index (χ0v) is 14.1. The third-order valence-electron chi connectivity index (χ3n) is 3.00.